The van der Waals surface area contributed by atoms with Gasteiger partial charge in [0.15, 0.2) is 8.46 Å². The summed E-state index contributed by atoms with van der Waals surface area (Å²) in [4.78, 5) is 0. The minimum absolute atomic E-state index is 0.294. The van der Waals surface area contributed by atoms with Gasteiger partial charge in [0.2, 0.25) is 0 Å². The summed E-state index contributed by atoms with van der Waals surface area (Å²) >= 11 is 0. The Kier molecular flexibility index (Phi) is 5.47. The van der Waals surface area contributed by atoms with Crippen molar-refractivity contribution in [3.05, 3.63) is 35.9 Å². The van der Waals surface area contributed by atoms with E-state index in [4.69, 9.17) is 0 Å². The highest BCUT2D eigenvalue weighted by atomic mass is 31.1. The van der Waals surface area contributed by atoms with Gasteiger partial charge in [-0.3, -0.25) is 4.57 Å². The monoisotopic (exact) mass is 208 g/mol. The van der Waals surface area contributed by atoms with Gasteiger partial charge in [0, 0.05) is 5.66 Å². The van der Waals surface area contributed by atoms with Crippen LogP contribution >= 0.6 is 8.46 Å². The third kappa shape index (κ3) is 4.02. The molecule has 1 aromatic carbocycles. The van der Waals surface area contributed by atoms with Crippen LogP contribution in [0.25, 0.3) is 0 Å². The molecule has 1 nitrogen and oxygen atoms in total. The van der Waals surface area contributed by atoms with Gasteiger partial charge in [-0.05, 0) is 18.4 Å². The Hall–Kier alpha value is -0.680. The maximum absolute atomic E-state index is 10.9. The predicted molar refractivity (Wildman–Crippen MR) is 61.1 cm³/mol. The van der Waals surface area contributed by atoms with Gasteiger partial charge in [0.05, 0.1) is 0 Å². The quantitative estimate of drug-likeness (QED) is 0.644. The van der Waals surface area contributed by atoms with E-state index in [-0.39, 0.29) is 0 Å². The summed E-state index contributed by atoms with van der Waals surface area (Å²) in [5.41, 5.74) is 1.59. The number of rotatable bonds is 6. The van der Waals surface area contributed by atoms with E-state index >= 15 is 0 Å². The van der Waals surface area contributed by atoms with Crippen LogP contribution in [0.15, 0.2) is 30.3 Å². The molecule has 0 radical (unpaired) electrons. The minimum Gasteiger partial charge on any atom is -0.275 e. The predicted octanol–water partition coefficient (Wildman–Crippen LogP) is 4.08. The van der Waals surface area contributed by atoms with Crippen LogP contribution in [0, 0.1) is 0 Å². The average molecular weight is 208 g/mol. The van der Waals surface area contributed by atoms with Crippen molar-refractivity contribution in [1.82, 2.24) is 0 Å². The van der Waals surface area contributed by atoms with Gasteiger partial charge in [0.25, 0.3) is 0 Å². The maximum atomic E-state index is 10.9. The molecule has 0 amide bonds. The van der Waals surface area contributed by atoms with Gasteiger partial charge >= 0.3 is 0 Å². The zero-order chi connectivity index (χ0) is 10.2. The van der Waals surface area contributed by atoms with Crippen LogP contribution in [0.1, 0.15) is 31.7 Å². The summed E-state index contributed by atoms with van der Waals surface area (Å²) in [7, 11) is 0.294. The lowest BCUT2D eigenvalue weighted by molar-refractivity contribution is 0.578. The highest BCUT2D eigenvalue weighted by Crippen LogP contribution is 2.19. The fraction of sp³-hybridized carbons (Fsp3) is 0.500. The van der Waals surface area contributed by atoms with Crippen molar-refractivity contribution in [2.75, 3.05) is 0 Å². The van der Waals surface area contributed by atoms with Crippen molar-refractivity contribution < 1.29 is 4.57 Å². The maximum Gasteiger partial charge on any atom is 0.158 e. The molecule has 0 bridgehead atoms. The second-order valence-electron chi connectivity index (χ2n) is 3.59. The van der Waals surface area contributed by atoms with Crippen LogP contribution in [0.5, 0.6) is 0 Å². The van der Waals surface area contributed by atoms with Gasteiger partial charge in [-0.15, -0.1) is 0 Å². The smallest absolute Gasteiger partial charge is 0.158 e. The molecule has 1 rings (SSSR count). The molecule has 14 heavy (non-hydrogen) atoms. The topological polar surface area (TPSA) is 17.1 Å². The molecule has 0 saturated heterocycles. The van der Waals surface area contributed by atoms with Crippen molar-refractivity contribution in [1.29, 1.82) is 0 Å². The van der Waals surface area contributed by atoms with Crippen molar-refractivity contribution >= 4 is 8.46 Å². The van der Waals surface area contributed by atoms with Gasteiger partial charge in [0.1, 0.15) is 0 Å². The van der Waals surface area contributed by atoms with Gasteiger partial charge in [-0.1, -0.05) is 50.1 Å². The average Bonchev–Trinajstić information content (AvgIpc) is 2.25. The van der Waals surface area contributed by atoms with E-state index in [0.29, 0.717) is 14.1 Å². The highest BCUT2D eigenvalue weighted by Gasteiger charge is 2.08. The van der Waals surface area contributed by atoms with Crippen LogP contribution in [-0.4, -0.2) is 5.66 Å². The fourth-order valence-electron chi connectivity index (χ4n) is 1.52. The molecule has 0 aliphatic heterocycles. The molecule has 0 aromatic heterocycles. The lowest BCUT2D eigenvalue weighted by atomic mass is 10.1. The molecule has 1 atom stereocenters. The van der Waals surface area contributed by atoms with Gasteiger partial charge in [-0.2, -0.15) is 0 Å². The third-order valence-electron chi connectivity index (χ3n) is 2.35. The Morgan fingerprint density at radius 2 is 2.00 bits per heavy atom. The van der Waals surface area contributed by atoms with Gasteiger partial charge < -0.3 is 0 Å². The molecule has 76 valence electrons. The number of unbranched alkanes of at least 4 members (excludes halogenated alkanes) is 1. The molecule has 0 N–H and O–H groups in total. The lowest BCUT2D eigenvalue weighted by Gasteiger charge is -2.07. The summed E-state index contributed by atoms with van der Waals surface area (Å²) < 4.78 is 10.9. The Morgan fingerprint density at radius 1 is 1.29 bits per heavy atom. The summed E-state index contributed by atoms with van der Waals surface area (Å²) in [6.45, 7) is 2.17. The molecule has 0 aliphatic rings. The minimum atomic E-state index is 0.294. The lowest BCUT2D eigenvalue weighted by Crippen LogP contribution is -2.03. The molecule has 0 heterocycles. The summed E-state index contributed by atoms with van der Waals surface area (Å²) in [6.07, 6.45) is 4.36. The fourth-order valence-corrected chi connectivity index (χ4v) is 2.09. The van der Waals surface area contributed by atoms with Crippen molar-refractivity contribution in [3.63, 3.8) is 0 Å². The van der Waals surface area contributed by atoms with Crippen LogP contribution in [-0.2, 0) is 11.0 Å². The SMILES string of the molecule is CCCCC(Cc1ccccc1)P=O. The Balaban J connectivity index is 2.44. The summed E-state index contributed by atoms with van der Waals surface area (Å²) in [6, 6.07) is 10.3. The van der Waals surface area contributed by atoms with E-state index in [1.807, 2.05) is 18.2 Å². The largest absolute Gasteiger partial charge is 0.275 e. The first-order valence-corrected chi connectivity index (χ1v) is 6.11. The van der Waals surface area contributed by atoms with E-state index in [9.17, 15) is 4.57 Å². The molecule has 0 aliphatic carbocycles. The van der Waals surface area contributed by atoms with E-state index < -0.39 is 0 Å². The van der Waals surface area contributed by atoms with Gasteiger partial charge in [-0.25, -0.2) is 0 Å². The molecule has 0 spiro atoms. The van der Waals surface area contributed by atoms with E-state index in [1.165, 1.54) is 18.4 Å². The van der Waals surface area contributed by atoms with Crippen LogP contribution in [0.2, 0.25) is 0 Å². The molecule has 0 saturated carbocycles. The van der Waals surface area contributed by atoms with Crippen LogP contribution in [0.4, 0.5) is 0 Å². The standard InChI is InChI=1S/C12H17OP/c1-2-3-9-12(14-13)10-11-7-5-4-6-8-11/h4-8,12H,2-3,9-10H2,1H3. The third-order valence-corrected chi connectivity index (χ3v) is 3.09. The number of hydrogen-bond acceptors (Lipinski definition) is 1. The number of benzene rings is 1. The van der Waals surface area contributed by atoms with Crippen LogP contribution < -0.4 is 0 Å². The normalized spacial score (nSPS) is 12.9. The van der Waals surface area contributed by atoms with E-state index in [2.05, 4.69) is 19.1 Å². The number of hydrogen-bond donors (Lipinski definition) is 0. The summed E-state index contributed by atoms with van der Waals surface area (Å²) in [5, 5.41) is 0. The van der Waals surface area contributed by atoms with Crippen molar-refractivity contribution in [3.8, 4) is 0 Å². The first-order chi connectivity index (χ1) is 6.86. The Labute approximate surface area is 87.7 Å². The second kappa shape index (κ2) is 6.73. The zero-order valence-corrected chi connectivity index (χ0v) is 9.54. The van der Waals surface area contributed by atoms with Crippen LogP contribution in [0.3, 0.4) is 0 Å². The van der Waals surface area contributed by atoms with E-state index in [0.717, 1.165) is 12.8 Å². The molecular formula is C12H17OP. The first-order valence-electron chi connectivity index (χ1n) is 5.23. The highest BCUT2D eigenvalue weighted by molar-refractivity contribution is 7.24. The first kappa shape index (κ1) is 11.4. The molecule has 1 unspecified atom stereocenters. The molecule has 2 heteroatoms. The van der Waals surface area contributed by atoms with Crippen molar-refractivity contribution in [2.45, 2.75) is 38.3 Å². The second-order valence-corrected chi connectivity index (χ2v) is 4.53. The van der Waals surface area contributed by atoms with Crippen molar-refractivity contribution in [2.24, 2.45) is 0 Å². The van der Waals surface area contributed by atoms with E-state index in [1.54, 1.807) is 0 Å². The Morgan fingerprint density at radius 3 is 2.57 bits per heavy atom. The summed E-state index contributed by atoms with van der Waals surface area (Å²) in [5.74, 6) is 0. The molecular weight excluding hydrogens is 191 g/mol. The molecule has 1 aromatic rings. The zero-order valence-electron chi connectivity index (χ0n) is 8.65. The Bertz CT molecular complexity index is 258. The molecule has 0 fully saturated rings.